The van der Waals surface area contributed by atoms with Crippen molar-refractivity contribution in [3.05, 3.63) is 45.3 Å². The molecule has 1 aromatic carbocycles. The van der Waals surface area contributed by atoms with Gasteiger partial charge in [0.1, 0.15) is 5.31 Å². The third-order valence-electron chi connectivity index (χ3n) is 2.89. The zero-order valence-corrected chi connectivity index (χ0v) is 12.2. The van der Waals surface area contributed by atoms with Gasteiger partial charge in [0.2, 0.25) is 0 Å². The van der Waals surface area contributed by atoms with Gasteiger partial charge in [-0.3, -0.25) is 19.5 Å². The van der Waals surface area contributed by atoms with E-state index in [-0.39, 0.29) is 29.8 Å². The van der Waals surface area contributed by atoms with E-state index in [9.17, 15) is 19.5 Å². The van der Waals surface area contributed by atoms with Crippen LogP contribution in [0.4, 0.5) is 5.69 Å². The van der Waals surface area contributed by atoms with E-state index < -0.39 is 18.3 Å². The number of Topliss-reactive ketones (excluding diaryl/α,β-unsaturated/α-hetero) is 1. The van der Waals surface area contributed by atoms with Gasteiger partial charge in [0.05, 0.1) is 23.7 Å². The molecular formula is C13H14NO6P. The van der Waals surface area contributed by atoms with Crippen LogP contribution in [-0.2, 0) is 18.4 Å². The van der Waals surface area contributed by atoms with Crippen LogP contribution in [0.3, 0.4) is 0 Å². The standard InChI is InChI=1S/C13H14NO6P/c1-10(15)13(21(18)19-7-4-8-20-21)9-11-5-2-3-6-12(11)14(16)17/h2-3,5-6,9H,4,7-8H2,1H3. The van der Waals surface area contributed by atoms with Gasteiger partial charge in [0.25, 0.3) is 5.69 Å². The van der Waals surface area contributed by atoms with Crippen molar-refractivity contribution in [3.63, 3.8) is 0 Å². The van der Waals surface area contributed by atoms with Crippen LogP contribution in [0.1, 0.15) is 18.9 Å². The highest BCUT2D eigenvalue weighted by molar-refractivity contribution is 7.60. The maximum absolute atomic E-state index is 12.6. The van der Waals surface area contributed by atoms with Gasteiger partial charge in [-0.2, -0.15) is 0 Å². The highest BCUT2D eigenvalue weighted by atomic mass is 31.2. The number of carbonyl (C=O) groups is 1. The average molecular weight is 311 g/mol. The molecule has 1 aliphatic heterocycles. The molecule has 0 N–H and O–H groups in total. The van der Waals surface area contributed by atoms with Gasteiger partial charge in [-0.05, 0) is 25.5 Å². The summed E-state index contributed by atoms with van der Waals surface area (Å²) < 4.78 is 22.8. The molecule has 1 aliphatic rings. The number of para-hydroxylation sites is 1. The molecule has 0 amide bonds. The van der Waals surface area contributed by atoms with Crippen LogP contribution in [-0.4, -0.2) is 23.9 Å². The van der Waals surface area contributed by atoms with Crippen molar-refractivity contribution in [2.45, 2.75) is 13.3 Å². The number of ketones is 1. The fourth-order valence-corrected chi connectivity index (χ4v) is 3.68. The van der Waals surface area contributed by atoms with Crippen molar-refractivity contribution in [1.82, 2.24) is 0 Å². The van der Waals surface area contributed by atoms with Crippen molar-refractivity contribution in [2.24, 2.45) is 0 Å². The van der Waals surface area contributed by atoms with Crippen LogP contribution in [0.5, 0.6) is 0 Å². The summed E-state index contributed by atoms with van der Waals surface area (Å²) in [6, 6.07) is 5.88. The highest BCUT2D eigenvalue weighted by Crippen LogP contribution is 2.58. The fourth-order valence-electron chi connectivity index (χ4n) is 1.90. The van der Waals surface area contributed by atoms with E-state index in [2.05, 4.69) is 0 Å². The Bertz CT molecular complexity index is 644. The van der Waals surface area contributed by atoms with Gasteiger partial charge >= 0.3 is 7.60 Å². The second-order valence-corrected chi connectivity index (χ2v) is 6.41. The lowest BCUT2D eigenvalue weighted by atomic mass is 10.1. The molecule has 1 fully saturated rings. The number of carbonyl (C=O) groups excluding carboxylic acids is 1. The van der Waals surface area contributed by atoms with Crippen LogP contribution in [0.2, 0.25) is 0 Å². The quantitative estimate of drug-likeness (QED) is 0.367. The number of allylic oxidation sites excluding steroid dienone is 1. The Morgan fingerprint density at radius 1 is 1.33 bits per heavy atom. The van der Waals surface area contributed by atoms with Crippen LogP contribution < -0.4 is 0 Å². The minimum absolute atomic E-state index is 0.170. The van der Waals surface area contributed by atoms with Crippen LogP contribution in [0.15, 0.2) is 29.6 Å². The predicted octanol–water partition coefficient (Wildman–Crippen LogP) is 3.15. The number of nitro benzene ring substituents is 1. The van der Waals surface area contributed by atoms with E-state index in [0.717, 1.165) is 0 Å². The summed E-state index contributed by atoms with van der Waals surface area (Å²) in [5, 5.41) is 10.8. The number of nitro groups is 1. The largest absolute Gasteiger partial charge is 0.364 e. The van der Waals surface area contributed by atoms with Crippen molar-refractivity contribution in [3.8, 4) is 0 Å². The van der Waals surface area contributed by atoms with E-state index >= 15 is 0 Å². The molecule has 1 saturated heterocycles. The number of benzene rings is 1. The van der Waals surface area contributed by atoms with Crippen molar-refractivity contribution in [2.75, 3.05) is 13.2 Å². The first-order chi connectivity index (χ1) is 9.94. The molecule has 8 heteroatoms. The van der Waals surface area contributed by atoms with Crippen molar-refractivity contribution >= 4 is 25.1 Å². The Labute approximate surface area is 121 Å². The van der Waals surface area contributed by atoms with Crippen LogP contribution >= 0.6 is 7.60 Å². The highest BCUT2D eigenvalue weighted by Gasteiger charge is 2.36. The van der Waals surface area contributed by atoms with Crippen LogP contribution in [0.25, 0.3) is 6.08 Å². The fraction of sp³-hybridized carbons (Fsp3) is 0.308. The summed E-state index contributed by atoms with van der Waals surface area (Å²) in [5.74, 6) is -0.501. The zero-order valence-electron chi connectivity index (χ0n) is 11.4. The zero-order chi connectivity index (χ0) is 15.5. The maximum Gasteiger partial charge on any atom is 0.364 e. The Morgan fingerprint density at radius 3 is 2.52 bits per heavy atom. The lowest BCUT2D eigenvalue weighted by Crippen LogP contribution is -2.12. The first-order valence-electron chi connectivity index (χ1n) is 6.30. The summed E-state index contributed by atoms with van der Waals surface area (Å²) in [6.45, 7) is 1.67. The molecule has 112 valence electrons. The second-order valence-electron chi connectivity index (χ2n) is 4.42. The molecule has 0 radical (unpaired) electrons. The minimum Gasteiger partial charge on any atom is -0.305 e. The van der Waals surface area contributed by atoms with Gasteiger partial charge in [0.15, 0.2) is 5.78 Å². The monoisotopic (exact) mass is 311 g/mol. The van der Waals surface area contributed by atoms with E-state index in [0.29, 0.717) is 6.42 Å². The van der Waals surface area contributed by atoms with Crippen molar-refractivity contribution < 1.29 is 23.3 Å². The number of hydrogen-bond acceptors (Lipinski definition) is 6. The molecule has 0 spiro atoms. The molecule has 2 rings (SSSR count). The van der Waals surface area contributed by atoms with Gasteiger partial charge < -0.3 is 9.05 Å². The minimum atomic E-state index is -3.71. The Morgan fingerprint density at radius 2 is 1.95 bits per heavy atom. The van der Waals surface area contributed by atoms with E-state index in [1.165, 1.54) is 31.2 Å². The normalized spacial score (nSPS) is 18.2. The van der Waals surface area contributed by atoms with E-state index in [1.54, 1.807) is 6.07 Å². The number of rotatable bonds is 4. The summed E-state index contributed by atoms with van der Waals surface area (Å²) in [4.78, 5) is 22.2. The lowest BCUT2D eigenvalue weighted by Gasteiger charge is -2.23. The van der Waals surface area contributed by atoms with Crippen LogP contribution in [0, 0.1) is 10.1 Å². The molecule has 1 heterocycles. The summed E-state index contributed by atoms with van der Waals surface area (Å²) in [7, 11) is -3.71. The summed E-state index contributed by atoms with van der Waals surface area (Å²) in [5.41, 5.74) is 0.000517. The Kier molecular flexibility index (Phi) is 4.67. The van der Waals surface area contributed by atoms with Gasteiger partial charge in [0, 0.05) is 6.07 Å². The molecule has 21 heavy (non-hydrogen) atoms. The van der Waals surface area contributed by atoms with Gasteiger partial charge in [-0.25, -0.2) is 0 Å². The lowest BCUT2D eigenvalue weighted by molar-refractivity contribution is -0.385. The van der Waals surface area contributed by atoms with Gasteiger partial charge in [-0.15, -0.1) is 0 Å². The van der Waals surface area contributed by atoms with E-state index in [1.807, 2.05) is 0 Å². The Hall–Kier alpha value is -1.82. The third kappa shape index (κ3) is 3.44. The first-order valence-corrected chi connectivity index (χ1v) is 7.84. The maximum atomic E-state index is 12.6. The molecule has 0 aromatic heterocycles. The topological polar surface area (TPSA) is 95.7 Å². The molecular weight excluding hydrogens is 297 g/mol. The molecule has 0 bridgehead atoms. The number of nitrogens with zero attached hydrogens (tertiary/aromatic N) is 1. The van der Waals surface area contributed by atoms with Gasteiger partial charge in [-0.1, -0.05) is 12.1 Å². The molecule has 0 unspecified atom stereocenters. The average Bonchev–Trinajstić information content (AvgIpc) is 2.45. The molecule has 7 nitrogen and oxygen atoms in total. The summed E-state index contributed by atoms with van der Waals surface area (Å²) in [6.07, 6.45) is 1.80. The van der Waals surface area contributed by atoms with Crippen molar-refractivity contribution in [1.29, 1.82) is 0 Å². The molecule has 0 atom stereocenters. The first kappa shape index (κ1) is 15.6. The second kappa shape index (κ2) is 6.30. The molecule has 0 aliphatic carbocycles. The summed E-state index contributed by atoms with van der Waals surface area (Å²) >= 11 is 0. The Balaban J connectivity index is 2.51. The predicted molar refractivity (Wildman–Crippen MR) is 75.9 cm³/mol. The number of hydrogen-bond donors (Lipinski definition) is 0. The smallest absolute Gasteiger partial charge is 0.305 e. The molecule has 0 saturated carbocycles. The SMILES string of the molecule is CC(=O)C(=Cc1ccccc1[N+](=O)[O-])P1(=O)OCCCO1. The third-order valence-corrected chi connectivity index (χ3v) is 4.97. The molecule has 1 aromatic rings. The van der Waals surface area contributed by atoms with E-state index in [4.69, 9.17) is 9.05 Å².